The van der Waals surface area contributed by atoms with E-state index >= 15 is 0 Å². The number of aryl methyl sites for hydroxylation is 1. The van der Waals surface area contributed by atoms with E-state index in [0.29, 0.717) is 0 Å². The number of nitro benzene ring substituents is 1. The molecule has 0 aliphatic heterocycles. The summed E-state index contributed by atoms with van der Waals surface area (Å²) in [4.78, 5) is 9.71. The van der Waals surface area contributed by atoms with Gasteiger partial charge in [-0.25, -0.2) is 0 Å². The maximum atomic E-state index is 10.4. The van der Waals surface area contributed by atoms with Crippen molar-refractivity contribution in [3.05, 3.63) is 33.9 Å². The molecule has 0 atom stereocenters. The molecule has 0 saturated heterocycles. The van der Waals surface area contributed by atoms with E-state index in [9.17, 15) is 10.1 Å². The molecule has 0 aliphatic rings. The van der Waals surface area contributed by atoms with E-state index in [0.717, 1.165) is 6.07 Å². The average Bonchev–Trinajstić information content (AvgIpc) is 2.02. The number of nitro groups is 1. The van der Waals surface area contributed by atoms with Gasteiger partial charge in [0.05, 0.1) is 4.92 Å². The van der Waals surface area contributed by atoms with Gasteiger partial charge in [0.25, 0.3) is 5.69 Å². The fourth-order valence-electron chi connectivity index (χ4n) is 0.658. The number of nitrogens with zero attached hydrogens (tertiary/aromatic N) is 1. The first kappa shape index (κ1) is 4.33. The van der Waals surface area contributed by atoms with E-state index in [2.05, 4.69) is 0 Å². The Bertz CT molecular complexity index is 376. The summed E-state index contributed by atoms with van der Waals surface area (Å²) in [5, 5.41) is 10.4. The third-order valence-electron chi connectivity index (χ3n) is 1.25. The molecule has 0 saturated carbocycles. The van der Waals surface area contributed by atoms with Crippen molar-refractivity contribution in [3.8, 4) is 0 Å². The number of benzene rings is 1. The molecule has 0 spiro atoms. The molecule has 0 fully saturated rings. The van der Waals surface area contributed by atoms with E-state index in [4.69, 9.17) is 9.85 Å². The molecule has 11 heavy (non-hydrogen) atoms. The number of hydrogen-bond donors (Lipinski definition) is 1. The first-order valence-corrected chi connectivity index (χ1v) is 2.87. The van der Waals surface area contributed by atoms with Gasteiger partial charge in [0.15, 0.2) is 0 Å². The molecule has 0 aromatic heterocycles. The molecule has 0 amide bonds. The Labute approximate surface area is 68.0 Å². The van der Waals surface area contributed by atoms with E-state index < -0.39 is 11.8 Å². The van der Waals surface area contributed by atoms with Gasteiger partial charge in [0.2, 0.25) is 0 Å². The van der Waals surface area contributed by atoms with Crippen LogP contribution in [0.15, 0.2) is 18.2 Å². The highest BCUT2D eigenvalue weighted by Crippen LogP contribution is 2.17. The molecular formula is C7H8N2O2. The standard InChI is InChI=1S/C7H8N2O2/c1-5-4-6(9(10)11)2-3-7(5)8/h2-4H,8H2,1H3/i1D3. The third-order valence-corrected chi connectivity index (χ3v) is 1.25. The maximum Gasteiger partial charge on any atom is 0.269 e. The van der Waals surface area contributed by atoms with Crippen LogP contribution in [-0.2, 0) is 0 Å². The summed E-state index contributed by atoms with van der Waals surface area (Å²) in [5.41, 5.74) is 4.97. The lowest BCUT2D eigenvalue weighted by Gasteiger charge is -1.97. The highest BCUT2D eigenvalue weighted by atomic mass is 16.6. The zero-order valence-electron chi connectivity index (χ0n) is 8.57. The van der Waals surface area contributed by atoms with Crippen LogP contribution in [0.25, 0.3) is 0 Å². The van der Waals surface area contributed by atoms with Crippen LogP contribution in [0.4, 0.5) is 11.4 Å². The van der Waals surface area contributed by atoms with Gasteiger partial charge >= 0.3 is 0 Å². The molecule has 1 aromatic carbocycles. The number of rotatable bonds is 1. The highest BCUT2D eigenvalue weighted by Gasteiger charge is 2.04. The minimum atomic E-state index is -2.42. The second kappa shape index (κ2) is 2.57. The van der Waals surface area contributed by atoms with E-state index in [1.165, 1.54) is 12.1 Å². The lowest BCUT2D eigenvalue weighted by atomic mass is 10.2. The molecule has 4 nitrogen and oxygen atoms in total. The van der Waals surface area contributed by atoms with Crippen LogP contribution in [-0.4, -0.2) is 4.92 Å². The minimum absolute atomic E-state index is 0.0376. The van der Waals surface area contributed by atoms with Crippen molar-refractivity contribution in [1.29, 1.82) is 0 Å². The zero-order valence-corrected chi connectivity index (χ0v) is 5.57. The van der Waals surface area contributed by atoms with Gasteiger partial charge in [-0.1, -0.05) is 0 Å². The summed E-state index contributed by atoms with van der Waals surface area (Å²) < 4.78 is 21.2. The van der Waals surface area contributed by atoms with Crippen LogP contribution in [0, 0.1) is 17.0 Å². The van der Waals surface area contributed by atoms with Gasteiger partial charge < -0.3 is 5.73 Å². The van der Waals surface area contributed by atoms with Gasteiger partial charge in [0, 0.05) is 21.9 Å². The van der Waals surface area contributed by atoms with Crippen LogP contribution >= 0.6 is 0 Å². The first-order valence-electron chi connectivity index (χ1n) is 4.37. The second-order valence-electron chi connectivity index (χ2n) is 2.03. The van der Waals surface area contributed by atoms with Crippen molar-refractivity contribution in [2.45, 2.75) is 6.85 Å². The molecule has 1 rings (SSSR count). The van der Waals surface area contributed by atoms with Crippen molar-refractivity contribution in [3.63, 3.8) is 0 Å². The molecule has 58 valence electrons. The van der Waals surface area contributed by atoms with Crippen LogP contribution in [0.1, 0.15) is 9.68 Å². The van der Waals surface area contributed by atoms with E-state index in [1.54, 1.807) is 0 Å². The minimum Gasteiger partial charge on any atom is -0.399 e. The fraction of sp³-hybridized carbons (Fsp3) is 0.143. The van der Waals surface area contributed by atoms with Crippen molar-refractivity contribution in [1.82, 2.24) is 0 Å². The smallest absolute Gasteiger partial charge is 0.269 e. The largest absolute Gasteiger partial charge is 0.399 e. The van der Waals surface area contributed by atoms with Crippen LogP contribution in [0.3, 0.4) is 0 Å². The van der Waals surface area contributed by atoms with Gasteiger partial charge in [-0.2, -0.15) is 0 Å². The Hall–Kier alpha value is -1.58. The van der Waals surface area contributed by atoms with Gasteiger partial charge in [-0.3, -0.25) is 10.1 Å². The first-order chi connectivity index (χ1) is 6.32. The van der Waals surface area contributed by atoms with Crippen molar-refractivity contribution >= 4 is 11.4 Å². The highest BCUT2D eigenvalue weighted by molar-refractivity contribution is 5.51. The van der Waals surface area contributed by atoms with Crippen molar-refractivity contribution < 1.29 is 9.04 Å². The number of non-ortho nitro benzene ring substituents is 1. The van der Waals surface area contributed by atoms with Crippen LogP contribution in [0.5, 0.6) is 0 Å². The Balaban J connectivity index is 3.29. The summed E-state index contributed by atoms with van der Waals surface area (Å²) in [5.74, 6) is 0. The SMILES string of the molecule is [2H]C([2H])([2H])c1cc([N+](=O)[O-])ccc1N. The summed E-state index contributed by atoms with van der Waals surface area (Å²) in [6.45, 7) is -2.42. The quantitative estimate of drug-likeness (QED) is 0.379. The van der Waals surface area contributed by atoms with Crippen molar-refractivity contribution in [2.75, 3.05) is 5.73 Å². The lowest BCUT2D eigenvalue weighted by Crippen LogP contribution is -1.92. The number of hydrogen-bond acceptors (Lipinski definition) is 3. The molecule has 4 heteroatoms. The molecule has 0 aliphatic carbocycles. The second-order valence-corrected chi connectivity index (χ2v) is 2.03. The number of anilines is 1. The summed E-state index contributed by atoms with van der Waals surface area (Å²) in [6, 6.07) is 3.37. The van der Waals surface area contributed by atoms with Crippen molar-refractivity contribution in [2.24, 2.45) is 0 Å². The Morgan fingerprint density at radius 2 is 2.45 bits per heavy atom. The molecule has 1 aromatic rings. The summed E-state index contributed by atoms with van der Waals surface area (Å²) >= 11 is 0. The number of nitrogen functional groups attached to an aromatic ring is 1. The van der Waals surface area contributed by atoms with E-state index in [1.807, 2.05) is 0 Å². The third kappa shape index (κ3) is 1.46. The maximum absolute atomic E-state index is 10.4. The Morgan fingerprint density at radius 3 is 3.00 bits per heavy atom. The Morgan fingerprint density at radius 1 is 1.73 bits per heavy atom. The fourth-order valence-corrected chi connectivity index (χ4v) is 0.658. The van der Waals surface area contributed by atoms with E-state index in [-0.39, 0.29) is 16.9 Å². The number of nitrogens with two attached hydrogens (primary N) is 1. The predicted octanol–water partition coefficient (Wildman–Crippen LogP) is 1.49. The summed E-state index contributed by atoms with van der Waals surface area (Å²) in [7, 11) is 0. The molecule has 0 bridgehead atoms. The monoisotopic (exact) mass is 155 g/mol. The predicted molar refractivity (Wildman–Crippen MR) is 42.2 cm³/mol. The molecular weight excluding hydrogens is 144 g/mol. The molecule has 0 unspecified atom stereocenters. The van der Waals surface area contributed by atoms with Crippen LogP contribution < -0.4 is 5.73 Å². The molecule has 0 heterocycles. The lowest BCUT2D eigenvalue weighted by molar-refractivity contribution is -0.384. The molecule has 2 N–H and O–H groups in total. The summed E-state index contributed by atoms with van der Waals surface area (Å²) in [6.07, 6.45) is 0. The molecule has 0 radical (unpaired) electrons. The van der Waals surface area contributed by atoms with Crippen LogP contribution in [0.2, 0.25) is 0 Å². The van der Waals surface area contributed by atoms with Gasteiger partial charge in [-0.05, 0) is 18.5 Å². The van der Waals surface area contributed by atoms with Gasteiger partial charge in [-0.15, -0.1) is 0 Å². The Kier molecular flexibility index (Phi) is 1.01. The normalized spacial score (nSPS) is 14.7. The topological polar surface area (TPSA) is 69.2 Å². The average molecular weight is 155 g/mol. The zero-order chi connectivity index (χ0) is 10.9. The van der Waals surface area contributed by atoms with Gasteiger partial charge in [0.1, 0.15) is 0 Å².